The van der Waals surface area contributed by atoms with Crippen LogP contribution in [-0.4, -0.2) is 82.3 Å². The molecule has 0 aliphatic carbocycles. The van der Waals surface area contributed by atoms with Crippen molar-refractivity contribution < 1.29 is 42.9 Å². The van der Waals surface area contributed by atoms with E-state index in [0.29, 0.717) is 23.9 Å². The minimum absolute atomic E-state index is 0.149. The lowest BCUT2D eigenvalue weighted by atomic mass is 10.0. The standard InChI is InChI=1S/C89H161NO8/c1-6-8-10-12-14-16-18-20-22-24-26-28-30-32-34-36-38-40-41-42-43-44-45-46-47-48-50-52-54-56-58-60-62-64-66-68-70-72-74-76-78-80-87(92)98-85(84-97-89(88(93)94)95-82-81-90(3,4)5)83-96-86(91)79-77-75-73-71-69-67-65-63-61-59-57-55-53-51-49-39-37-35-33-31-29-27-25-23-21-19-17-15-13-11-9-7-2/h8,10,14,16,20,22,26,28,32,34,38,40,42-43,85,89H,6-7,9,11-13,15,17-19,21,23-25,27,29-31,33,35-37,39,41,44-84H2,1-5H3/b10-8-,16-14-,22-20-,28-26-,34-32-,40-38-,43-42-. The second kappa shape index (κ2) is 79.2. The van der Waals surface area contributed by atoms with Gasteiger partial charge in [0, 0.05) is 12.8 Å². The molecule has 570 valence electrons. The third kappa shape index (κ3) is 79.8. The summed E-state index contributed by atoms with van der Waals surface area (Å²) in [5.74, 6) is -2.25. The van der Waals surface area contributed by atoms with Gasteiger partial charge in [-0.3, -0.25) is 9.59 Å². The number of rotatable bonds is 79. The predicted molar refractivity (Wildman–Crippen MR) is 421 cm³/mol. The molecule has 2 atom stereocenters. The van der Waals surface area contributed by atoms with Crippen LogP contribution >= 0.6 is 0 Å². The molecular formula is C89H161NO8. The molecule has 0 spiro atoms. The predicted octanol–water partition coefficient (Wildman–Crippen LogP) is 26.0. The molecule has 0 N–H and O–H groups in total. The van der Waals surface area contributed by atoms with Gasteiger partial charge in [0.15, 0.2) is 12.4 Å². The fraction of sp³-hybridized carbons (Fsp3) is 0.809. The van der Waals surface area contributed by atoms with Crippen LogP contribution in [0.1, 0.15) is 406 Å². The fourth-order valence-electron chi connectivity index (χ4n) is 12.5. The van der Waals surface area contributed by atoms with Gasteiger partial charge < -0.3 is 33.3 Å². The molecule has 0 fully saturated rings. The van der Waals surface area contributed by atoms with E-state index in [1.165, 1.54) is 295 Å². The number of esters is 2. The molecule has 0 aliphatic heterocycles. The smallest absolute Gasteiger partial charge is 0.306 e. The van der Waals surface area contributed by atoms with Gasteiger partial charge in [0.1, 0.15) is 13.2 Å². The Kier molecular flexibility index (Phi) is 76.3. The van der Waals surface area contributed by atoms with Crippen LogP contribution in [0.25, 0.3) is 0 Å². The highest BCUT2D eigenvalue weighted by Gasteiger charge is 2.22. The highest BCUT2D eigenvalue weighted by Crippen LogP contribution is 2.20. The molecule has 9 heteroatoms. The van der Waals surface area contributed by atoms with Crippen molar-refractivity contribution in [2.24, 2.45) is 0 Å². The van der Waals surface area contributed by atoms with Gasteiger partial charge in [0.25, 0.3) is 0 Å². The normalized spacial score (nSPS) is 13.0. The lowest BCUT2D eigenvalue weighted by molar-refractivity contribution is -0.870. The van der Waals surface area contributed by atoms with Crippen molar-refractivity contribution in [3.8, 4) is 0 Å². The van der Waals surface area contributed by atoms with Gasteiger partial charge in [-0.2, -0.15) is 0 Å². The first-order valence-corrected chi connectivity index (χ1v) is 42.2. The number of quaternary nitrogens is 1. The number of nitrogens with zero attached hydrogens (tertiary/aromatic N) is 1. The molecule has 0 aromatic rings. The Morgan fingerprint density at radius 3 is 0.867 bits per heavy atom. The number of hydrogen-bond donors (Lipinski definition) is 0. The zero-order valence-electron chi connectivity index (χ0n) is 65.4. The second-order valence-electron chi connectivity index (χ2n) is 29.8. The van der Waals surface area contributed by atoms with Crippen LogP contribution in [0.2, 0.25) is 0 Å². The first kappa shape index (κ1) is 94.5. The number of hydrogen-bond acceptors (Lipinski definition) is 8. The number of allylic oxidation sites excluding steroid dienone is 14. The van der Waals surface area contributed by atoms with E-state index >= 15 is 0 Å². The summed E-state index contributed by atoms with van der Waals surface area (Å²) in [5.41, 5.74) is 0. The van der Waals surface area contributed by atoms with Crippen LogP contribution in [0.15, 0.2) is 85.1 Å². The van der Waals surface area contributed by atoms with Gasteiger partial charge >= 0.3 is 11.9 Å². The van der Waals surface area contributed by atoms with Crippen molar-refractivity contribution in [1.82, 2.24) is 0 Å². The Bertz CT molecular complexity index is 1890. The van der Waals surface area contributed by atoms with E-state index in [1.54, 1.807) is 0 Å². The zero-order valence-corrected chi connectivity index (χ0v) is 65.4. The van der Waals surface area contributed by atoms with Gasteiger partial charge in [-0.15, -0.1) is 0 Å². The van der Waals surface area contributed by atoms with Crippen LogP contribution in [-0.2, 0) is 33.3 Å². The number of carbonyl (C=O) groups excluding carboxylic acids is 3. The minimum Gasteiger partial charge on any atom is -0.545 e. The van der Waals surface area contributed by atoms with Crippen molar-refractivity contribution in [2.45, 2.75) is 418 Å². The number of carbonyl (C=O) groups is 3. The SMILES string of the molecule is CC/C=C\C/C=C\C/C=C\C/C=C\C/C=C\C/C=C\C/C=C\CCCCCCCCCCCCCCCCCCCCCC(=O)OC(COC(=O)CCCCCCCCCCCCCCCCCCCCCCCCCCCCCCCCCC)COC(OCC[N+](C)(C)C)C(=O)[O-]. The molecule has 2 unspecified atom stereocenters. The Hall–Kier alpha value is -3.53. The second-order valence-corrected chi connectivity index (χ2v) is 29.8. The molecule has 0 aromatic carbocycles. The highest BCUT2D eigenvalue weighted by atomic mass is 16.7. The third-order valence-corrected chi connectivity index (χ3v) is 18.9. The fourth-order valence-corrected chi connectivity index (χ4v) is 12.5. The summed E-state index contributed by atoms with van der Waals surface area (Å²) in [6.07, 6.45) is 106. The summed E-state index contributed by atoms with van der Waals surface area (Å²) in [6.45, 7) is 4.70. The average molecular weight is 1370 g/mol. The largest absolute Gasteiger partial charge is 0.545 e. The number of ether oxygens (including phenoxy) is 4. The summed E-state index contributed by atoms with van der Waals surface area (Å²) in [5, 5.41) is 11.9. The molecular weight excluding hydrogens is 1210 g/mol. The lowest BCUT2D eigenvalue weighted by Gasteiger charge is -2.26. The number of unbranched alkanes of at least 4 members (excludes halogenated alkanes) is 50. The van der Waals surface area contributed by atoms with Crippen molar-refractivity contribution >= 4 is 17.9 Å². The summed E-state index contributed by atoms with van der Waals surface area (Å²) >= 11 is 0. The van der Waals surface area contributed by atoms with Gasteiger partial charge in [-0.05, 0) is 70.6 Å². The first-order valence-electron chi connectivity index (χ1n) is 42.2. The Morgan fingerprint density at radius 2 is 0.582 bits per heavy atom. The third-order valence-electron chi connectivity index (χ3n) is 18.9. The van der Waals surface area contributed by atoms with Gasteiger partial charge in [0.05, 0.1) is 40.3 Å². The molecule has 0 aromatic heterocycles. The number of carboxylic acids is 1. The maximum absolute atomic E-state index is 13.0. The van der Waals surface area contributed by atoms with Crippen LogP contribution in [0.5, 0.6) is 0 Å². The Balaban J connectivity index is 3.96. The topological polar surface area (TPSA) is 111 Å². The van der Waals surface area contributed by atoms with Crippen molar-refractivity contribution in [1.29, 1.82) is 0 Å². The molecule has 0 saturated carbocycles. The lowest BCUT2D eigenvalue weighted by Crippen LogP contribution is -2.44. The van der Waals surface area contributed by atoms with Crippen LogP contribution in [0.4, 0.5) is 0 Å². The monoisotopic (exact) mass is 1370 g/mol. The molecule has 0 radical (unpaired) electrons. The molecule has 0 saturated heterocycles. The molecule has 0 bridgehead atoms. The van der Waals surface area contributed by atoms with E-state index in [4.69, 9.17) is 18.9 Å². The number of aliphatic carboxylic acids is 1. The van der Waals surface area contributed by atoms with Crippen LogP contribution in [0, 0.1) is 0 Å². The molecule has 9 nitrogen and oxygen atoms in total. The molecule has 98 heavy (non-hydrogen) atoms. The maximum atomic E-state index is 13.0. The number of likely N-dealkylation sites (N-methyl/N-ethyl adjacent to an activating group) is 1. The zero-order chi connectivity index (χ0) is 71.1. The average Bonchev–Trinajstić information content (AvgIpc) is 1.40. The summed E-state index contributed by atoms with van der Waals surface area (Å²) in [7, 11) is 5.95. The molecule has 0 amide bonds. The van der Waals surface area contributed by atoms with E-state index in [0.717, 1.165) is 77.0 Å². The maximum Gasteiger partial charge on any atom is 0.306 e. The van der Waals surface area contributed by atoms with E-state index in [9.17, 15) is 19.5 Å². The van der Waals surface area contributed by atoms with Gasteiger partial charge in [-0.25, -0.2) is 0 Å². The number of carboxylic acid groups (broad SMARTS) is 1. The Labute approximate surface area is 608 Å². The van der Waals surface area contributed by atoms with Crippen molar-refractivity contribution in [2.75, 3.05) is 47.5 Å². The van der Waals surface area contributed by atoms with Crippen LogP contribution < -0.4 is 5.11 Å². The van der Waals surface area contributed by atoms with E-state index < -0.39 is 24.3 Å². The Morgan fingerprint density at radius 1 is 0.316 bits per heavy atom. The molecule has 0 aliphatic rings. The van der Waals surface area contributed by atoms with Gasteiger partial charge in [0.2, 0.25) is 0 Å². The highest BCUT2D eigenvalue weighted by molar-refractivity contribution is 5.70. The summed E-state index contributed by atoms with van der Waals surface area (Å²) in [4.78, 5) is 37.6. The molecule has 0 heterocycles. The van der Waals surface area contributed by atoms with E-state index in [-0.39, 0.29) is 32.2 Å². The van der Waals surface area contributed by atoms with Crippen LogP contribution in [0.3, 0.4) is 0 Å². The van der Waals surface area contributed by atoms with E-state index in [1.807, 2.05) is 21.1 Å². The first-order chi connectivity index (χ1) is 48.1. The molecule has 0 rings (SSSR count). The van der Waals surface area contributed by atoms with Gasteiger partial charge in [-0.1, -0.05) is 407 Å². The quantitative estimate of drug-likeness (QED) is 0.0195. The van der Waals surface area contributed by atoms with Crippen molar-refractivity contribution in [3.63, 3.8) is 0 Å². The summed E-state index contributed by atoms with van der Waals surface area (Å²) < 4.78 is 22.9. The summed E-state index contributed by atoms with van der Waals surface area (Å²) in [6, 6.07) is 0. The van der Waals surface area contributed by atoms with Crippen molar-refractivity contribution in [3.05, 3.63) is 85.1 Å². The van der Waals surface area contributed by atoms with E-state index in [2.05, 4.69) is 98.9 Å². The minimum atomic E-state index is -1.62.